The van der Waals surface area contributed by atoms with Crippen molar-refractivity contribution >= 4 is 17.2 Å². The third-order valence-electron chi connectivity index (χ3n) is 5.77. The number of nitrogens with zero attached hydrogens (tertiary/aromatic N) is 6. The number of pyridine rings is 2. The van der Waals surface area contributed by atoms with Crippen LogP contribution in [0.1, 0.15) is 11.3 Å². The Labute approximate surface area is 210 Å². The number of hydrogen-bond donors (Lipinski definition) is 0. The number of aryl methyl sites for hydroxylation is 1. The molecule has 0 saturated carbocycles. The van der Waals surface area contributed by atoms with Gasteiger partial charge in [-0.05, 0) is 34.9 Å². The van der Waals surface area contributed by atoms with E-state index in [2.05, 4.69) is 10.1 Å². The summed E-state index contributed by atoms with van der Waals surface area (Å²) in [4.78, 5) is 30.2. The molecule has 0 fully saturated rings. The van der Waals surface area contributed by atoms with Gasteiger partial charge in [0.1, 0.15) is 5.69 Å². The monoisotopic (exact) mass is 528 g/mol. The van der Waals surface area contributed by atoms with E-state index in [0.29, 0.717) is 32.0 Å². The highest BCUT2D eigenvalue weighted by molar-refractivity contribution is 6.30. The molecule has 0 radical (unpaired) electrons. The Bertz CT molecular complexity index is 1740. The first-order chi connectivity index (χ1) is 17.5. The maximum atomic E-state index is 13.5. The summed E-state index contributed by atoms with van der Waals surface area (Å²) in [6.07, 6.45) is -1.08. The lowest BCUT2D eigenvalue weighted by Gasteiger charge is -2.13. The van der Waals surface area contributed by atoms with E-state index in [4.69, 9.17) is 11.6 Å². The van der Waals surface area contributed by atoms with Crippen LogP contribution < -0.4 is 16.0 Å². The number of rotatable bonds is 4. The van der Waals surface area contributed by atoms with Gasteiger partial charge in [0.2, 0.25) is 0 Å². The highest BCUT2D eigenvalue weighted by atomic mass is 35.5. The highest BCUT2D eigenvalue weighted by Gasteiger charge is 2.32. The van der Waals surface area contributed by atoms with Gasteiger partial charge in [0, 0.05) is 36.0 Å². The van der Waals surface area contributed by atoms with Crippen molar-refractivity contribution in [2.45, 2.75) is 12.7 Å². The first-order valence-corrected chi connectivity index (χ1v) is 11.1. The lowest BCUT2D eigenvalue weighted by Crippen LogP contribution is -2.33. The molecule has 4 aromatic heterocycles. The Morgan fingerprint density at radius 1 is 0.973 bits per heavy atom. The van der Waals surface area contributed by atoms with Crippen molar-refractivity contribution in [3.63, 3.8) is 0 Å². The molecule has 37 heavy (non-hydrogen) atoms. The summed E-state index contributed by atoms with van der Waals surface area (Å²) >= 11 is 6.03. The van der Waals surface area contributed by atoms with Crippen molar-refractivity contribution in [2.24, 2.45) is 7.05 Å². The first-order valence-electron chi connectivity index (χ1n) is 10.7. The van der Waals surface area contributed by atoms with E-state index in [-0.39, 0.29) is 17.8 Å². The van der Waals surface area contributed by atoms with Crippen molar-refractivity contribution in [3.8, 4) is 22.3 Å². The van der Waals surface area contributed by atoms with E-state index in [1.807, 2.05) is 0 Å². The molecule has 0 N–H and O–H groups in total. The number of aromatic nitrogens is 6. The molecule has 0 amide bonds. The van der Waals surface area contributed by atoms with Gasteiger partial charge in [-0.15, -0.1) is 5.10 Å². The van der Waals surface area contributed by atoms with Crippen molar-refractivity contribution in [2.75, 3.05) is 0 Å². The third kappa shape index (κ3) is 4.35. The zero-order valence-corrected chi connectivity index (χ0v) is 19.7. The SMILES string of the molecule is Cn1c(=O)c(-c2ccc(Cl)cc2)c(-c2cc[n+]([O-])cc2)c2nn(Cc3ccc(C(F)(F)F)nc3)c(=O)n21. The largest absolute Gasteiger partial charge is 0.619 e. The van der Waals surface area contributed by atoms with Crippen molar-refractivity contribution < 1.29 is 17.9 Å². The van der Waals surface area contributed by atoms with Crippen LogP contribution in [-0.2, 0) is 19.8 Å². The average Bonchev–Trinajstić information content (AvgIpc) is 3.18. The number of benzene rings is 1. The third-order valence-corrected chi connectivity index (χ3v) is 6.02. The molecule has 9 nitrogen and oxygen atoms in total. The lowest BCUT2D eigenvalue weighted by molar-refractivity contribution is -0.605. The van der Waals surface area contributed by atoms with E-state index in [9.17, 15) is 28.0 Å². The smallest absolute Gasteiger partial charge is 0.433 e. The highest BCUT2D eigenvalue weighted by Crippen LogP contribution is 2.32. The second-order valence-corrected chi connectivity index (χ2v) is 8.59. The van der Waals surface area contributed by atoms with Crippen LogP contribution in [-0.4, -0.2) is 24.0 Å². The Balaban J connectivity index is 1.75. The summed E-state index contributed by atoms with van der Waals surface area (Å²) in [5.41, 5.74) is -0.361. The predicted molar refractivity (Wildman–Crippen MR) is 128 cm³/mol. The molecule has 5 rings (SSSR count). The molecule has 0 atom stereocenters. The van der Waals surface area contributed by atoms with Crippen LogP contribution in [0, 0.1) is 5.21 Å². The molecule has 0 aliphatic carbocycles. The minimum Gasteiger partial charge on any atom is -0.619 e. The summed E-state index contributed by atoms with van der Waals surface area (Å²) < 4.78 is 42.4. The zero-order valence-electron chi connectivity index (χ0n) is 19.0. The minimum absolute atomic E-state index is 0.112. The zero-order chi connectivity index (χ0) is 26.5. The quantitative estimate of drug-likeness (QED) is 0.263. The second kappa shape index (κ2) is 8.89. The van der Waals surface area contributed by atoms with Gasteiger partial charge < -0.3 is 5.21 Å². The summed E-state index contributed by atoms with van der Waals surface area (Å²) in [5, 5.41) is 16.6. The summed E-state index contributed by atoms with van der Waals surface area (Å²) in [6.45, 7) is -0.190. The molecule has 13 heteroatoms. The molecular weight excluding hydrogens is 513 g/mol. The Morgan fingerprint density at radius 3 is 2.22 bits per heavy atom. The molecule has 0 saturated heterocycles. The van der Waals surface area contributed by atoms with Gasteiger partial charge in [-0.3, -0.25) is 9.78 Å². The maximum Gasteiger partial charge on any atom is 0.433 e. The molecular formula is C24H16ClF3N6O3. The molecule has 1 aromatic carbocycles. The predicted octanol–water partition coefficient (Wildman–Crippen LogP) is 3.28. The maximum absolute atomic E-state index is 13.5. The van der Waals surface area contributed by atoms with Gasteiger partial charge in [0.15, 0.2) is 18.0 Å². The van der Waals surface area contributed by atoms with Crippen LogP contribution in [0.25, 0.3) is 27.9 Å². The van der Waals surface area contributed by atoms with Crippen LogP contribution in [0.5, 0.6) is 0 Å². The Hall–Kier alpha value is -4.45. The Morgan fingerprint density at radius 2 is 1.62 bits per heavy atom. The molecule has 188 valence electrons. The van der Waals surface area contributed by atoms with Crippen LogP contribution in [0.4, 0.5) is 13.2 Å². The minimum atomic E-state index is -4.60. The van der Waals surface area contributed by atoms with E-state index in [0.717, 1.165) is 26.1 Å². The van der Waals surface area contributed by atoms with Crippen LogP contribution in [0.2, 0.25) is 5.02 Å². The van der Waals surface area contributed by atoms with Crippen molar-refractivity contribution in [1.82, 2.24) is 24.0 Å². The van der Waals surface area contributed by atoms with Gasteiger partial charge in [-0.2, -0.15) is 22.4 Å². The number of fused-ring (bicyclic) bond motifs is 1. The van der Waals surface area contributed by atoms with E-state index in [1.54, 1.807) is 24.3 Å². The fourth-order valence-electron chi connectivity index (χ4n) is 4.00. The van der Waals surface area contributed by atoms with Gasteiger partial charge >= 0.3 is 11.9 Å². The standard InChI is InChI=1S/C24H16ClF3N6O3/c1-31-22(35)20(15-3-5-17(25)6-4-15)19(16-8-10-32(37)11-9-16)21-30-33(23(36)34(21)31)13-14-2-7-18(29-12-14)24(26,27)28/h2-12H,13H2,1H3. The summed E-state index contributed by atoms with van der Waals surface area (Å²) in [6, 6.07) is 11.5. The van der Waals surface area contributed by atoms with E-state index >= 15 is 0 Å². The molecule has 0 spiro atoms. The molecule has 0 aliphatic rings. The molecule has 0 bridgehead atoms. The normalized spacial score (nSPS) is 11.8. The lowest BCUT2D eigenvalue weighted by atomic mass is 9.97. The van der Waals surface area contributed by atoms with Gasteiger partial charge in [-0.25, -0.2) is 14.2 Å². The number of hydrogen-bond acceptors (Lipinski definition) is 5. The first kappa shape index (κ1) is 24.3. The Kier molecular flexibility index (Phi) is 5.83. The molecule has 5 aromatic rings. The fraction of sp³-hybridized carbons (Fsp3) is 0.125. The average molecular weight is 529 g/mol. The molecule has 0 unspecified atom stereocenters. The van der Waals surface area contributed by atoms with Crippen LogP contribution in [0.15, 0.2) is 76.7 Å². The van der Waals surface area contributed by atoms with E-state index in [1.165, 1.54) is 37.6 Å². The van der Waals surface area contributed by atoms with Crippen LogP contribution >= 0.6 is 11.6 Å². The van der Waals surface area contributed by atoms with Crippen molar-refractivity contribution in [3.05, 3.63) is 109 Å². The van der Waals surface area contributed by atoms with Gasteiger partial charge in [0.25, 0.3) is 5.56 Å². The summed E-state index contributed by atoms with van der Waals surface area (Å²) in [7, 11) is 1.40. The van der Waals surface area contributed by atoms with Crippen LogP contribution in [0.3, 0.4) is 0 Å². The fourth-order valence-corrected chi connectivity index (χ4v) is 4.12. The molecule has 0 aliphatic heterocycles. The van der Waals surface area contributed by atoms with Crippen molar-refractivity contribution in [1.29, 1.82) is 0 Å². The summed E-state index contributed by atoms with van der Waals surface area (Å²) in [5.74, 6) is 0. The van der Waals surface area contributed by atoms with Gasteiger partial charge in [-0.1, -0.05) is 29.8 Å². The molecule has 4 heterocycles. The van der Waals surface area contributed by atoms with E-state index < -0.39 is 23.1 Å². The second-order valence-electron chi connectivity index (χ2n) is 8.16. The number of alkyl halides is 3. The topological polar surface area (TPSA) is 101 Å². The number of halogens is 4. The van der Waals surface area contributed by atoms with Gasteiger partial charge in [0.05, 0.1) is 12.1 Å².